The number of carbonyl (C=O) groups is 1. The van der Waals surface area contributed by atoms with Crippen LogP contribution in [0.25, 0.3) is 27.7 Å². The summed E-state index contributed by atoms with van der Waals surface area (Å²) in [6.45, 7) is 13.6. The Balaban J connectivity index is 0.000000526. The Labute approximate surface area is 275 Å². The molecule has 0 aliphatic heterocycles. The van der Waals surface area contributed by atoms with E-state index in [4.69, 9.17) is 10.8 Å². The fraction of sp³-hybridized carbons (Fsp3) is 0.343. The van der Waals surface area contributed by atoms with E-state index in [2.05, 4.69) is 56.4 Å². The highest BCUT2D eigenvalue weighted by Crippen LogP contribution is 2.31. The van der Waals surface area contributed by atoms with Crippen molar-refractivity contribution in [1.29, 1.82) is 0 Å². The molecule has 3 aromatic heterocycles. The fourth-order valence-corrected chi connectivity index (χ4v) is 4.65. The molecule has 250 valence electrons. The van der Waals surface area contributed by atoms with Gasteiger partial charge in [-0.15, -0.1) is 0 Å². The normalized spacial score (nSPS) is 11.5. The Kier molecular flexibility index (Phi) is 13.3. The first-order chi connectivity index (χ1) is 22.4. The van der Waals surface area contributed by atoms with Gasteiger partial charge in [0.05, 0.1) is 18.0 Å². The summed E-state index contributed by atoms with van der Waals surface area (Å²) < 4.78 is 14.8. The zero-order chi connectivity index (χ0) is 34.7. The first-order valence-electron chi connectivity index (χ1n) is 15.6. The van der Waals surface area contributed by atoms with Gasteiger partial charge >= 0.3 is 0 Å². The lowest BCUT2D eigenvalue weighted by Crippen LogP contribution is -2.11. The number of nitrogens with one attached hydrogen (secondary N) is 3. The first-order valence-corrected chi connectivity index (χ1v) is 15.6. The Bertz CT molecular complexity index is 1800. The van der Waals surface area contributed by atoms with Crippen LogP contribution < -0.4 is 21.7 Å². The van der Waals surface area contributed by atoms with Gasteiger partial charge in [0.15, 0.2) is 11.5 Å². The van der Waals surface area contributed by atoms with Gasteiger partial charge in [-0.1, -0.05) is 71.5 Å². The number of hydrogen-bond acceptors (Lipinski definition) is 9. The zero-order valence-corrected chi connectivity index (χ0v) is 28.2. The molecule has 1 atom stereocenters. The summed E-state index contributed by atoms with van der Waals surface area (Å²) in [6, 6.07) is 15.1. The number of benzene rings is 2. The summed E-state index contributed by atoms with van der Waals surface area (Å²) in [5, 5.41) is 23.7. The number of aliphatic hydroxyl groups is 1. The van der Waals surface area contributed by atoms with Crippen LogP contribution in [0.5, 0.6) is 0 Å². The average molecular weight is 644 g/mol. The van der Waals surface area contributed by atoms with Crippen LogP contribution >= 0.6 is 0 Å². The van der Waals surface area contributed by atoms with Crippen molar-refractivity contribution in [2.24, 2.45) is 5.92 Å². The highest BCUT2D eigenvalue weighted by Gasteiger charge is 2.16. The predicted octanol–water partition coefficient (Wildman–Crippen LogP) is 6.33. The number of nitrogens with two attached hydrogens (primary N) is 1. The van der Waals surface area contributed by atoms with Crippen molar-refractivity contribution < 1.29 is 14.3 Å². The van der Waals surface area contributed by atoms with Crippen molar-refractivity contribution in [2.45, 2.75) is 59.6 Å². The van der Waals surface area contributed by atoms with Gasteiger partial charge in [-0.2, -0.15) is 19.6 Å². The maximum Gasteiger partial charge on any atom is 0.283 e. The number of fused-ring (bicyclic) bond motifs is 2. The van der Waals surface area contributed by atoms with E-state index in [-0.39, 0.29) is 18.0 Å². The number of nitrogen functional groups attached to an aromatic ring is 1. The van der Waals surface area contributed by atoms with E-state index in [0.717, 1.165) is 39.6 Å². The zero-order valence-electron chi connectivity index (χ0n) is 28.2. The molecule has 5 aromatic rings. The van der Waals surface area contributed by atoms with Crippen molar-refractivity contribution in [3.63, 3.8) is 0 Å². The molecule has 0 saturated heterocycles. The number of carbonyl (C=O) groups excluding carboxylic acids is 1. The molecular weight excluding hydrogens is 597 g/mol. The molecule has 3 heterocycles. The highest BCUT2D eigenvalue weighted by atomic mass is 19.1. The van der Waals surface area contributed by atoms with Crippen molar-refractivity contribution in [2.75, 3.05) is 30.5 Å². The summed E-state index contributed by atoms with van der Waals surface area (Å²) in [4.78, 5) is 25.1. The van der Waals surface area contributed by atoms with Crippen LogP contribution in [-0.4, -0.2) is 55.8 Å². The van der Waals surface area contributed by atoms with Crippen LogP contribution in [0.15, 0.2) is 73.3 Å². The number of aromatic nitrogens is 5. The molecule has 12 heteroatoms. The van der Waals surface area contributed by atoms with Gasteiger partial charge in [0.2, 0.25) is 11.9 Å². The molecule has 6 N–H and O–H groups in total. The Morgan fingerprint density at radius 3 is 2.40 bits per heavy atom. The van der Waals surface area contributed by atoms with E-state index in [0.29, 0.717) is 29.7 Å². The van der Waals surface area contributed by atoms with Gasteiger partial charge in [0, 0.05) is 34.9 Å². The average Bonchev–Trinajstić information content (AvgIpc) is 3.48. The summed E-state index contributed by atoms with van der Waals surface area (Å²) in [7, 11) is 3.75. The number of pyridine rings is 1. The second-order valence-corrected chi connectivity index (χ2v) is 11.6. The molecule has 2 aromatic carbocycles. The van der Waals surface area contributed by atoms with Gasteiger partial charge in [-0.05, 0) is 61.5 Å². The fourth-order valence-electron chi connectivity index (χ4n) is 4.65. The van der Waals surface area contributed by atoms with Gasteiger partial charge in [-0.3, -0.25) is 9.78 Å². The quantitative estimate of drug-likeness (QED) is 0.116. The molecule has 0 saturated carbocycles. The van der Waals surface area contributed by atoms with Crippen molar-refractivity contribution in [1.82, 2.24) is 29.9 Å². The van der Waals surface area contributed by atoms with E-state index < -0.39 is 11.7 Å². The van der Waals surface area contributed by atoms with Crippen LogP contribution in [0.1, 0.15) is 58.1 Å². The van der Waals surface area contributed by atoms with Crippen LogP contribution in [0.3, 0.4) is 0 Å². The summed E-state index contributed by atoms with van der Waals surface area (Å²) in [5.41, 5.74) is 10.8. The maximum atomic E-state index is 13.1. The van der Waals surface area contributed by atoms with E-state index in [9.17, 15) is 9.18 Å². The number of amides is 1. The minimum Gasteiger partial charge on any atom is -0.393 e. The summed E-state index contributed by atoms with van der Waals surface area (Å²) >= 11 is 0. The van der Waals surface area contributed by atoms with Crippen LogP contribution in [-0.2, 0) is 11.3 Å². The van der Waals surface area contributed by atoms with Gasteiger partial charge in [-0.25, -0.2) is 4.39 Å². The SMILES string of the molecule is C=C(F)C(=O)Nc1ccc2c(-c3ccccc3CNc3nc(N)nc4c(C(C)C)cnn34)nccc2c1.CC[C@@H](O)C(C)C.CNC. The Hall–Kier alpha value is -4.94. The lowest BCUT2D eigenvalue weighted by Gasteiger charge is -2.14. The molecule has 5 rings (SSSR count). The monoisotopic (exact) mass is 643 g/mol. The highest BCUT2D eigenvalue weighted by molar-refractivity contribution is 6.04. The number of halogens is 1. The number of rotatable bonds is 9. The standard InChI is InChI=1S/C27H25FN8O.C6H14O.C2H7N/c1-15(2)22-14-32-36-24(22)34-26(29)35-27(36)31-13-18-6-4-5-7-20(18)23-21-9-8-19(33-25(37)16(3)28)12-17(21)10-11-30-23;1-4-6(7)5(2)3;1-3-2/h4-12,14-15H,3,13H2,1-2H3,(H,33,37)(H3,29,31,34,35);5-7H,4H2,1-3H3;3H,1-2H3/t;6-;/m.1./s1. The lowest BCUT2D eigenvalue weighted by molar-refractivity contribution is -0.114. The number of aliphatic hydroxyl groups excluding tert-OH is 1. The molecule has 11 nitrogen and oxygen atoms in total. The Morgan fingerprint density at radius 1 is 1.09 bits per heavy atom. The van der Waals surface area contributed by atoms with Gasteiger partial charge in [0.1, 0.15) is 0 Å². The molecule has 0 fully saturated rings. The van der Waals surface area contributed by atoms with Crippen molar-refractivity contribution in [3.8, 4) is 11.3 Å². The first kappa shape index (κ1) is 36.5. The van der Waals surface area contributed by atoms with E-state index in [1.165, 1.54) is 0 Å². The Morgan fingerprint density at radius 2 is 1.79 bits per heavy atom. The van der Waals surface area contributed by atoms with Crippen molar-refractivity contribution >= 4 is 39.9 Å². The molecule has 0 bridgehead atoms. The minimum atomic E-state index is -1.05. The summed E-state index contributed by atoms with van der Waals surface area (Å²) in [6.07, 6.45) is 4.26. The second-order valence-electron chi connectivity index (χ2n) is 11.6. The molecule has 0 unspecified atom stereocenters. The molecule has 0 radical (unpaired) electrons. The number of nitrogens with zero attached hydrogens (tertiary/aromatic N) is 5. The van der Waals surface area contributed by atoms with Gasteiger partial charge < -0.3 is 26.8 Å². The third-order valence-electron chi connectivity index (χ3n) is 7.20. The third-order valence-corrected chi connectivity index (χ3v) is 7.20. The van der Waals surface area contributed by atoms with E-state index in [1.54, 1.807) is 29.0 Å². The molecule has 1 amide bonds. The molecular formula is C35H46FN9O2. The molecule has 47 heavy (non-hydrogen) atoms. The van der Waals surface area contributed by atoms with Crippen LogP contribution in [0.2, 0.25) is 0 Å². The van der Waals surface area contributed by atoms with Crippen LogP contribution in [0.4, 0.5) is 22.0 Å². The largest absolute Gasteiger partial charge is 0.393 e. The molecule has 0 spiro atoms. The van der Waals surface area contributed by atoms with Crippen LogP contribution in [0, 0.1) is 5.92 Å². The second kappa shape index (κ2) is 17.1. The molecule has 0 aliphatic rings. The molecule has 0 aliphatic carbocycles. The minimum absolute atomic E-state index is 0.0972. The van der Waals surface area contributed by atoms with Gasteiger partial charge in [0.25, 0.3) is 5.91 Å². The predicted molar refractivity (Wildman–Crippen MR) is 189 cm³/mol. The van der Waals surface area contributed by atoms with E-state index in [1.807, 2.05) is 71.3 Å². The van der Waals surface area contributed by atoms with E-state index >= 15 is 0 Å². The number of anilines is 3. The lowest BCUT2D eigenvalue weighted by atomic mass is 9.99. The smallest absolute Gasteiger partial charge is 0.283 e. The number of hydrogen-bond donors (Lipinski definition) is 5. The third kappa shape index (κ3) is 9.53. The van der Waals surface area contributed by atoms with Crippen molar-refractivity contribution in [3.05, 3.63) is 84.5 Å². The topological polar surface area (TPSA) is 155 Å². The summed E-state index contributed by atoms with van der Waals surface area (Å²) in [5.74, 6) is -0.601. The maximum absolute atomic E-state index is 13.1.